The average Bonchev–Trinajstić information content (AvgIpc) is 2.61. The maximum atomic E-state index is 12.2. The molecule has 0 bridgehead atoms. The van der Waals surface area contributed by atoms with Crippen LogP contribution < -0.4 is 10.1 Å². The van der Waals surface area contributed by atoms with Crippen molar-refractivity contribution in [1.82, 2.24) is 9.97 Å². The number of hydrogen-bond acceptors (Lipinski definition) is 4. The number of ether oxygens (including phenoxy) is 1. The number of anilines is 1. The molecule has 1 heterocycles. The van der Waals surface area contributed by atoms with E-state index in [-0.39, 0.29) is 5.91 Å². The largest absolute Gasteiger partial charge is 0.497 e. The van der Waals surface area contributed by atoms with Crippen molar-refractivity contribution in [3.8, 4) is 5.75 Å². The number of carbonyl (C=O) groups excluding carboxylic acids is 1. The summed E-state index contributed by atoms with van der Waals surface area (Å²) >= 11 is 0. The minimum absolute atomic E-state index is 0.0287. The monoisotopic (exact) mass is 335 g/mol. The summed E-state index contributed by atoms with van der Waals surface area (Å²) in [6.45, 7) is 3.87. The minimum Gasteiger partial charge on any atom is -0.497 e. The lowest BCUT2D eigenvalue weighted by molar-refractivity contribution is -0.116. The molecule has 2 aromatic carbocycles. The van der Waals surface area contributed by atoms with Crippen LogP contribution >= 0.6 is 0 Å². The number of aryl methyl sites for hydroxylation is 3. The van der Waals surface area contributed by atoms with Gasteiger partial charge in [-0.2, -0.15) is 0 Å². The molecule has 0 saturated heterocycles. The van der Waals surface area contributed by atoms with Crippen molar-refractivity contribution in [3.63, 3.8) is 0 Å². The quantitative estimate of drug-likeness (QED) is 0.770. The molecular formula is C20H21N3O2. The molecule has 0 fully saturated rings. The third kappa shape index (κ3) is 4.12. The Morgan fingerprint density at radius 2 is 1.80 bits per heavy atom. The maximum Gasteiger partial charge on any atom is 0.224 e. The first-order chi connectivity index (χ1) is 12.0. The molecule has 0 aliphatic rings. The Bertz CT molecular complexity index is 922. The zero-order valence-corrected chi connectivity index (χ0v) is 14.7. The molecular weight excluding hydrogens is 314 g/mol. The van der Waals surface area contributed by atoms with E-state index in [1.165, 1.54) is 0 Å². The molecule has 1 aromatic heterocycles. The molecule has 1 N–H and O–H groups in total. The van der Waals surface area contributed by atoms with Gasteiger partial charge in [0, 0.05) is 12.1 Å². The molecule has 0 aliphatic heterocycles. The first kappa shape index (κ1) is 16.9. The Hall–Kier alpha value is -2.95. The van der Waals surface area contributed by atoms with Gasteiger partial charge in [-0.25, -0.2) is 9.97 Å². The highest BCUT2D eigenvalue weighted by Crippen LogP contribution is 2.18. The highest BCUT2D eigenvalue weighted by molar-refractivity contribution is 5.93. The second-order valence-electron chi connectivity index (χ2n) is 6.00. The van der Waals surface area contributed by atoms with E-state index in [0.29, 0.717) is 12.8 Å². The Morgan fingerprint density at radius 1 is 1.04 bits per heavy atom. The van der Waals surface area contributed by atoms with Gasteiger partial charge in [-0.1, -0.05) is 12.1 Å². The van der Waals surface area contributed by atoms with Crippen LogP contribution in [0.2, 0.25) is 0 Å². The van der Waals surface area contributed by atoms with Crippen molar-refractivity contribution < 1.29 is 9.53 Å². The van der Waals surface area contributed by atoms with E-state index >= 15 is 0 Å². The van der Waals surface area contributed by atoms with Crippen LogP contribution in [0.4, 0.5) is 5.69 Å². The van der Waals surface area contributed by atoms with Gasteiger partial charge in [-0.05, 0) is 56.2 Å². The molecule has 3 rings (SSSR count). The third-order valence-electron chi connectivity index (χ3n) is 4.13. The molecule has 25 heavy (non-hydrogen) atoms. The van der Waals surface area contributed by atoms with Gasteiger partial charge in [0.05, 0.1) is 29.5 Å². The Morgan fingerprint density at radius 3 is 2.56 bits per heavy atom. The minimum atomic E-state index is -0.0287. The normalized spacial score (nSPS) is 10.7. The number of rotatable bonds is 5. The zero-order valence-electron chi connectivity index (χ0n) is 14.7. The highest BCUT2D eigenvalue weighted by Gasteiger charge is 2.07. The van der Waals surface area contributed by atoms with Crippen molar-refractivity contribution in [2.75, 3.05) is 12.4 Å². The Kier molecular flexibility index (Phi) is 4.93. The van der Waals surface area contributed by atoms with Crippen LogP contribution in [0.5, 0.6) is 5.75 Å². The molecule has 0 atom stereocenters. The lowest BCUT2D eigenvalue weighted by Gasteiger charge is -2.08. The van der Waals surface area contributed by atoms with Gasteiger partial charge in [0.25, 0.3) is 0 Å². The summed E-state index contributed by atoms with van der Waals surface area (Å²) in [4.78, 5) is 21.2. The van der Waals surface area contributed by atoms with Gasteiger partial charge in [0.2, 0.25) is 5.91 Å². The van der Waals surface area contributed by atoms with Gasteiger partial charge in [0.1, 0.15) is 5.75 Å². The summed E-state index contributed by atoms with van der Waals surface area (Å²) in [5.41, 5.74) is 5.24. The molecule has 0 spiro atoms. The number of carbonyl (C=O) groups is 1. The highest BCUT2D eigenvalue weighted by atomic mass is 16.5. The van der Waals surface area contributed by atoms with E-state index < -0.39 is 0 Å². The number of nitrogens with zero attached hydrogens (tertiary/aromatic N) is 2. The number of methoxy groups -OCH3 is 1. The van der Waals surface area contributed by atoms with E-state index in [1.807, 2.05) is 56.3 Å². The Labute approximate surface area is 147 Å². The van der Waals surface area contributed by atoms with Crippen LogP contribution in [0.15, 0.2) is 42.5 Å². The molecule has 0 aliphatic carbocycles. The average molecular weight is 335 g/mol. The number of amides is 1. The summed E-state index contributed by atoms with van der Waals surface area (Å²) in [6, 6.07) is 13.4. The van der Waals surface area contributed by atoms with Crippen molar-refractivity contribution in [2.24, 2.45) is 0 Å². The predicted molar refractivity (Wildman–Crippen MR) is 99.0 cm³/mol. The van der Waals surface area contributed by atoms with Crippen molar-refractivity contribution >= 4 is 22.6 Å². The van der Waals surface area contributed by atoms with E-state index in [4.69, 9.17) is 4.74 Å². The Balaban J connectivity index is 1.66. The van der Waals surface area contributed by atoms with Gasteiger partial charge in [-0.15, -0.1) is 0 Å². The van der Waals surface area contributed by atoms with Crippen LogP contribution in [0.1, 0.15) is 23.4 Å². The lowest BCUT2D eigenvalue weighted by atomic mass is 10.1. The van der Waals surface area contributed by atoms with Crippen LogP contribution in [0, 0.1) is 13.8 Å². The summed E-state index contributed by atoms with van der Waals surface area (Å²) in [5, 5.41) is 2.93. The molecule has 0 unspecified atom stereocenters. The van der Waals surface area contributed by atoms with Crippen molar-refractivity contribution in [1.29, 1.82) is 0 Å². The lowest BCUT2D eigenvalue weighted by Crippen LogP contribution is -2.12. The van der Waals surface area contributed by atoms with Gasteiger partial charge < -0.3 is 10.1 Å². The molecule has 0 radical (unpaired) electrons. The fraction of sp³-hybridized carbons (Fsp3) is 0.250. The molecule has 5 heteroatoms. The number of aromatic nitrogens is 2. The van der Waals surface area contributed by atoms with Crippen molar-refractivity contribution in [3.05, 3.63) is 59.4 Å². The summed E-state index contributed by atoms with van der Waals surface area (Å²) in [5.74, 6) is 0.774. The fourth-order valence-corrected chi connectivity index (χ4v) is 2.62. The van der Waals surface area contributed by atoms with E-state index in [0.717, 1.165) is 39.4 Å². The third-order valence-corrected chi connectivity index (χ3v) is 4.13. The summed E-state index contributed by atoms with van der Waals surface area (Å²) < 4.78 is 5.20. The van der Waals surface area contributed by atoms with E-state index in [1.54, 1.807) is 7.11 Å². The number of hydrogen-bond donors (Lipinski definition) is 1. The fourth-order valence-electron chi connectivity index (χ4n) is 2.62. The topological polar surface area (TPSA) is 64.1 Å². The number of benzene rings is 2. The first-order valence-corrected chi connectivity index (χ1v) is 8.23. The second-order valence-corrected chi connectivity index (χ2v) is 6.00. The van der Waals surface area contributed by atoms with Gasteiger partial charge >= 0.3 is 0 Å². The number of nitrogens with one attached hydrogen (secondary N) is 1. The predicted octanol–water partition coefficient (Wildman–Crippen LogP) is 3.83. The standard InChI is InChI=1S/C20H21N3O2/c1-13-14(2)22-19-12-16(8-9-18(19)21-13)23-20(24)10-7-15-5-4-6-17(11-15)25-3/h4-6,8-9,11-12H,7,10H2,1-3H3,(H,23,24). The molecule has 3 aromatic rings. The van der Waals surface area contributed by atoms with Crippen molar-refractivity contribution in [2.45, 2.75) is 26.7 Å². The zero-order chi connectivity index (χ0) is 17.8. The first-order valence-electron chi connectivity index (χ1n) is 8.23. The van der Waals surface area contributed by atoms with E-state index in [2.05, 4.69) is 15.3 Å². The number of fused-ring (bicyclic) bond motifs is 1. The van der Waals surface area contributed by atoms with Gasteiger partial charge in [0.15, 0.2) is 0 Å². The summed E-state index contributed by atoms with van der Waals surface area (Å²) in [6.07, 6.45) is 1.07. The van der Waals surface area contributed by atoms with Crippen LogP contribution in [0.3, 0.4) is 0 Å². The van der Waals surface area contributed by atoms with Crippen LogP contribution in [-0.4, -0.2) is 23.0 Å². The molecule has 0 saturated carbocycles. The van der Waals surface area contributed by atoms with Gasteiger partial charge in [-0.3, -0.25) is 4.79 Å². The summed E-state index contributed by atoms with van der Waals surface area (Å²) in [7, 11) is 1.64. The SMILES string of the molecule is COc1cccc(CCC(=O)Nc2ccc3nc(C)c(C)nc3c2)c1. The molecule has 1 amide bonds. The second kappa shape index (κ2) is 7.30. The maximum absolute atomic E-state index is 12.2. The molecule has 128 valence electrons. The van der Waals surface area contributed by atoms with E-state index in [9.17, 15) is 4.79 Å². The van der Waals surface area contributed by atoms with Crippen LogP contribution in [0.25, 0.3) is 11.0 Å². The smallest absolute Gasteiger partial charge is 0.224 e. The molecule has 5 nitrogen and oxygen atoms in total. The van der Waals surface area contributed by atoms with Crippen LogP contribution in [-0.2, 0) is 11.2 Å².